The van der Waals surface area contributed by atoms with Crippen molar-refractivity contribution in [3.8, 4) is 5.75 Å². The van der Waals surface area contributed by atoms with E-state index in [2.05, 4.69) is 10.6 Å². The van der Waals surface area contributed by atoms with Crippen LogP contribution in [0.3, 0.4) is 0 Å². The number of hydrogen-bond donors (Lipinski definition) is 2. The standard InChI is InChI=1S/C19H20N2O3/c22-18(13-20-19(23)14-7-2-1-3-8-14)21-16-10-6-12-24-17-11-5-4-9-15(16)17/h1-5,7-9,11,16H,6,10,12-13H2,(H,20,23)(H,21,22)/t16-/m1/s1. The number of fused-ring (bicyclic) bond motifs is 1. The van der Waals surface area contributed by atoms with Gasteiger partial charge in [-0.25, -0.2) is 0 Å². The predicted molar refractivity (Wildman–Crippen MR) is 90.8 cm³/mol. The summed E-state index contributed by atoms with van der Waals surface area (Å²) in [6.07, 6.45) is 1.69. The van der Waals surface area contributed by atoms with Crippen LogP contribution in [0.25, 0.3) is 0 Å². The van der Waals surface area contributed by atoms with Crippen LogP contribution in [-0.4, -0.2) is 25.0 Å². The number of carbonyl (C=O) groups excluding carboxylic acids is 2. The van der Waals surface area contributed by atoms with Crippen molar-refractivity contribution in [1.29, 1.82) is 0 Å². The van der Waals surface area contributed by atoms with Crippen LogP contribution in [0.5, 0.6) is 5.75 Å². The predicted octanol–water partition coefficient (Wildman–Crippen LogP) is 2.45. The molecule has 3 rings (SSSR count). The molecule has 5 nitrogen and oxygen atoms in total. The minimum Gasteiger partial charge on any atom is -0.493 e. The van der Waals surface area contributed by atoms with Gasteiger partial charge in [0.25, 0.3) is 5.91 Å². The Bertz CT molecular complexity index is 716. The van der Waals surface area contributed by atoms with Crippen molar-refractivity contribution in [2.45, 2.75) is 18.9 Å². The number of ether oxygens (including phenoxy) is 1. The van der Waals surface area contributed by atoms with E-state index < -0.39 is 0 Å². The molecule has 0 radical (unpaired) electrons. The van der Waals surface area contributed by atoms with Crippen molar-refractivity contribution in [3.63, 3.8) is 0 Å². The third-order valence-corrected chi connectivity index (χ3v) is 3.97. The number of benzene rings is 2. The molecule has 1 atom stereocenters. The number of amides is 2. The SMILES string of the molecule is O=C(CNC(=O)c1ccccc1)N[C@@H]1CCCOc2ccccc21. The van der Waals surface area contributed by atoms with Gasteiger partial charge in [0.15, 0.2) is 0 Å². The van der Waals surface area contributed by atoms with Crippen LogP contribution in [0.1, 0.15) is 34.8 Å². The summed E-state index contributed by atoms with van der Waals surface area (Å²) < 4.78 is 5.70. The summed E-state index contributed by atoms with van der Waals surface area (Å²) >= 11 is 0. The zero-order valence-electron chi connectivity index (χ0n) is 13.3. The number of nitrogens with one attached hydrogen (secondary N) is 2. The van der Waals surface area contributed by atoms with Crippen LogP contribution in [0, 0.1) is 0 Å². The summed E-state index contributed by atoms with van der Waals surface area (Å²) in [5.74, 6) is 0.352. The van der Waals surface area contributed by atoms with Gasteiger partial charge in [-0.05, 0) is 31.0 Å². The molecule has 0 bridgehead atoms. The number of carbonyl (C=O) groups is 2. The number of rotatable bonds is 4. The van der Waals surface area contributed by atoms with Gasteiger partial charge in [0.05, 0.1) is 19.2 Å². The first-order valence-electron chi connectivity index (χ1n) is 8.08. The summed E-state index contributed by atoms with van der Waals surface area (Å²) in [5, 5.41) is 5.63. The fourth-order valence-corrected chi connectivity index (χ4v) is 2.77. The summed E-state index contributed by atoms with van der Waals surface area (Å²) in [4.78, 5) is 24.2. The third-order valence-electron chi connectivity index (χ3n) is 3.97. The van der Waals surface area contributed by atoms with Gasteiger partial charge < -0.3 is 15.4 Å². The molecule has 24 heavy (non-hydrogen) atoms. The molecule has 0 saturated carbocycles. The first-order valence-corrected chi connectivity index (χ1v) is 8.08. The molecule has 5 heteroatoms. The van der Waals surface area contributed by atoms with Gasteiger partial charge in [-0.1, -0.05) is 36.4 Å². The highest BCUT2D eigenvalue weighted by Gasteiger charge is 2.21. The van der Waals surface area contributed by atoms with Crippen LogP contribution in [0.2, 0.25) is 0 Å². The zero-order valence-corrected chi connectivity index (χ0v) is 13.3. The van der Waals surface area contributed by atoms with E-state index in [1.807, 2.05) is 30.3 Å². The Balaban J connectivity index is 1.58. The van der Waals surface area contributed by atoms with Gasteiger partial charge in [0.2, 0.25) is 5.91 Å². The molecule has 2 amide bonds. The molecule has 124 valence electrons. The van der Waals surface area contributed by atoms with E-state index in [1.165, 1.54) is 0 Å². The maximum atomic E-state index is 12.2. The Morgan fingerprint density at radius 1 is 1.04 bits per heavy atom. The first kappa shape index (κ1) is 16.1. The fourth-order valence-electron chi connectivity index (χ4n) is 2.77. The largest absolute Gasteiger partial charge is 0.493 e. The second-order valence-corrected chi connectivity index (χ2v) is 5.70. The molecular formula is C19H20N2O3. The molecule has 0 aliphatic carbocycles. The molecule has 0 unspecified atom stereocenters. The van der Waals surface area contributed by atoms with Crippen LogP contribution >= 0.6 is 0 Å². The Morgan fingerprint density at radius 3 is 2.62 bits per heavy atom. The number of para-hydroxylation sites is 1. The Labute approximate surface area is 141 Å². The highest BCUT2D eigenvalue weighted by molar-refractivity contribution is 5.96. The molecule has 0 fully saturated rings. The van der Waals surface area contributed by atoms with Gasteiger partial charge in [-0.3, -0.25) is 9.59 Å². The van der Waals surface area contributed by atoms with E-state index in [-0.39, 0.29) is 24.4 Å². The van der Waals surface area contributed by atoms with E-state index in [0.717, 1.165) is 24.2 Å². The molecule has 0 spiro atoms. The van der Waals surface area contributed by atoms with Crippen molar-refractivity contribution in [3.05, 3.63) is 65.7 Å². The van der Waals surface area contributed by atoms with Crippen molar-refractivity contribution in [1.82, 2.24) is 10.6 Å². The molecule has 1 aliphatic heterocycles. The van der Waals surface area contributed by atoms with Crippen LogP contribution in [-0.2, 0) is 4.79 Å². The minimum atomic E-state index is -0.254. The molecule has 2 aromatic carbocycles. The monoisotopic (exact) mass is 324 g/mol. The lowest BCUT2D eigenvalue weighted by molar-refractivity contribution is -0.120. The van der Waals surface area contributed by atoms with Crippen LogP contribution in [0.4, 0.5) is 0 Å². The highest BCUT2D eigenvalue weighted by Crippen LogP contribution is 2.30. The lowest BCUT2D eigenvalue weighted by Crippen LogP contribution is -2.38. The lowest BCUT2D eigenvalue weighted by atomic mass is 10.0. The van der Waals surface area contributed by atoms with Gasteiger partial charge in [0, 0.05) is 11.1 Å². The van der Waals surface area contributed by atoms with E-state index in [1.54, 1.807) is 24.3 Å². The van der Waals surface area contributed by atoms with Crippen LogP contribution < -0.4 is 15.4 Å². The molecule has 2 aromatic rings. The summed E-state index contributed by atoms with van der Waals surface area (Å²) in [6.45, 7) is 0.599. The molecule has 0 saturated heterocycles. The minimum absolute atomic E-state index is 0.0484. The second-order valence-electron chi connectivity index (χ2n) is 5.70. The average molecular weight is 324 g/mol. The van der Waals surface area contributed by atoms with E-state index in [4.69, 9.17) is 4.74 Å². The van der Waals surface area contributed by atoms with Gasteiger partial charge in [-0.15, -0.1) is 0 Å². The Morgan fingerprint density at radius 2 is 1.79 bits per heavy atom. The van der Waals surface area contributed by atoms with E-state index >= 15 is 0 Å². The summed E-state index contributed by atoms with van der Waals surface area (Å²) in [6, 6.07) is 16.5. The second kappa shape index (κ2) is 7.64. The molecular weight excluding hydrogens is 304 g/mol. The van der Waals surface area contributed by atoms with Gasteiger partial charge >= 0.3 is 0 Å². The number of hydrogen-bond acceptors (Lipinski definition) is 3. The van der Waals surface area contributed by atoms with Crippen molar-refractivity contribution in [2.24, 2.45) is 0 Å². The van der Waals surface area contributed by atoms with Gasteiger partial charge in [0.1, 0.15) is 5.75 Å². The normalized spacial score (nSPS) is 16.2. The van der Waals surface area contributed by atoms with Crippen molar-refractivity contribution >= 4 is 11.8 Å². The van der Waals surface area contributed by atoms with E-state index in [9.17, 15) is 9.59 Å². The smallest absolute Gasteiger partial charge is 0.251 e. The molecule has 2 N–H and O–H groups in total. The highest BCUT2D eigenvalue weighted by atomic mass is 16.5. The maximum Gasteiger partial charge on any atom is 0.251 e. The first-order chi connectivity index (χ1) is 11.7. The van der Waals surface area contributed by atoms with Crippen molar-refractivity contribution < 1.29 is 14.3 Å². The topological polar surface area (TPSA) is 67.4 Å². The third kappa shape index (κ3) is 3.93. The quantitative estimate of drug-likeness (QED) is 0.908. The Kier molecular flexibility index (Phi) is 5.11. The summed E-state index contributed by atoms with van der Waals surface area (Å²) in [7, 11) is 0. The van der Waals surface area contributed by atoms with E-state index in [0.29, 0.717) is 12.2 Å². The van der Waals surface area contributed by atoms with Gasteiger partial charge in [-0.2, -0.15) is 0 Å². The Hall–Kier alpha value is -2.82. The lowest BCUT2D eigenvalue weighted by Gasteiger charge is -2.18. The maximum absolute atomic E-state index is 12.2. The van der Waals surface area contributed by atoms with Crippen LogP contribution in [0.15, 0.2) is 54.6 Å². The fraction of sp³-hybridized carbons (Fsp3) is 0.263. The zero-order chi connectivity index (χ0) is 16.8. The average Bonchev–Trinajstić information content (AvgIpc) is 2.83. The molecule has 1 aliphatic rings. The van der Waals surface area contributed by atoms with Crippen molar-refractivity contribution in [2.75, 3.05) is 13.2 Å². The summed E-state index contributed by atoms with van der Waals surface area (Å²) in [5.41, 5.74) is 1.52. The molecule has 0 aromatic heterocycles. The molecule has 1 heterocycles.